The first-order valence-electron chi connectivity index (χ1n) is 5.37. The highest BCUT2D eigenvalue weighted by Gasteiger charge is 2.36. The van der Waals surface area contributed by atoms with Crippen molar-refractivity contribution in [2.45, 2.75) is 13.1 Å². The average molecular weight is 324 g/mol. The molecule has 10 heteroatoms. The van der Waals surface area contributed by atoms with E-state index in [9.17, 15) is 27.6 Å². The molecule has 5 nitrogen and oxygen atoms in total. The minimum Gasteiger partial charge on any atom is -0.710 e. The molecule has 21 heavy (non-hydrogen) atoms. The van der Waals surface area contributed by atoms with E-state index in [0.29, 0.717) is 6.20 Å². The summed E-state index contributed by atoms with van der Waals surface area (Å²) >= 11 is 5.45. The van der Waals surface area contributed by atoms with E-state index in [2.05, 4.69) is 5.10 Å². The van der Waals surface area contributed by atoms with Crippen molar-refractivity contribution in [3.05, 3.63) is 56.0 Å². The summed E-state index contributed by atoms with van der Waals surface area (Å²) in [4.78, 5) is 11.9. The first kappa shape index (κ1) is 15.2. The summed E-state index contributed by atoms with van der Waals surface area (Å²) in [6.07, 6.45) is -3.67. The summed E-state index contributed by atoms with van der Waals surface area (Å²) in [6.45, 7) is 0.909. The molecule has 0 fully saturated rings. The van der Waals surface area contributed by atoms with E-state index in [-0.39, 0.29) is 14.4 Å². The number of aromatic nitrogens is 3. The zero-order chi connectivity index (χ0) is 15.9. The van der Waals surface area contributed by atoms with Crippen molar-refractivity contribution in [1.82, 2.24) is 9.78 Å². The fourth-order valence-electron chi connectivity index (χ4n) is 1.67. The van der Waals surface area contributed by atoms with Gasteiger partial charge in [-0.1, -0.05) is 21.4 Å². The Morgan fingerprint density at radius 1 is 1.43 bits per heavy atom. The van der Waals surface area contributed by atoms with Crippen molar-refractivity contribution in [3.63, 3.8) is 0 Å². The van der Waals surface area contributed by atoms with Crippen LogP contribution in [0.4, 0.5) is 17.6 Å². The molecule has 0 aliphatic rings. The molecule has 0 N–H and O–H groups in total. The van der Waals surface area contributed by atoms with Crippen LogP contribution < -0.4 is 10.3 Å². The molecule has 0 bridgehead atoms. The predicted octanol–water partition coefficient (Wildman–Crippen LogP) is 1.99. The van der Waals surface area contributed by atoms with Crippen molar-refractivity contribution in [2.24, 2.45) is 0 Å². The van der Waals surface area contributed by atoms with Crippen LogP contribution in [0.15, 0.2) is 23.3 Å². The van der Waals surface area contributed by atoms with E-state index >= 15 is 0 Å². The maximum absolute atomic E-state index is 13.7. The molecule has 112 valence electrons. The van der Waals surface area contributed by atoms with Gasteiger partial charge in [0.1, 0.15) is 6.20 Å². The van der Waals surface area contributed by atoms with E-state index in [4.69, 9.17) is 11.6 Å². The van der Waals surface area contributed by atoms with E-state index in [0.717, 1.165) is 19.2 Å². The van der Waals surface area contributed by atoms with Crippen LogP contribution >= 0.6 is 11.6 Å². The lowest BCUT2D eigenvalue weighted by Gasteiger charge is -2.11. The molecular weight excluding hydrogens is 318 g/mol. The quantitative estimate of drug-likeness (QED) is 0.458. The van der Waals surface area contributed by atoms with Gasteiger partial charge in [-0.2, -0.15) is 17.6 Å². The van der Waals surface area contributed by atoms with E-state index in [1.54, 1.807) is 0 Å². The van der Waals surface area contributed by atoms with Gasteiger partial charge in [-0.25, -0.2) is 9.52 Å². The summed E-state index contributed by atoms with van der Waals surface area (Å²) in [5.74, 6) is -2.05. The molecule has 0 atom stereocenters. The first-order valence-corrected chi connectivity index (χ1v) is 5.75. The SMILES string of the molecule is Cc1c(C(F)(F)F)cnn(-c2c(F)cc(Cl)c[n+]2[O-])c1=O. The zero-order valence-electron chi connectivity index (χ0n) is 10.3. The Kier molecular flexibility index (Phi) is 3.62. The molecule has 0 aromatic carbocycles. The summed E-state index contributed by atoms with van der Waals surface area (Å²) in [7, 11) is 0. The number of hydrogen-bond acceptors (Lipinski definition) is 3. The molecule has 2 aromatic heterocycles. The first-order chi connectivity index (χ1) is 9.62. The smallest absolute Gasteiger partial charge is 0.418 e. The third-order valence-corrected chi connectivity index (χ3v) is 2.86. The van der Waals surface area contributed by atoms with Crippen LogP contribution in [0.5, 0.6) is 0 Å². The Hall–Kier alpha value is -2.16. The Morgan fingerprint density at radius 3 is 2.57 bits per heavy atom. The molecule has 2 rings (SSSR count). The van der Waals surface area contributed by atoms with Crippen molar-refractivity contribution in [2.75, 3.05) is 0 Å². The Morgan fingerprint density at radius 2 is 2.05 bits per heavy atom. The fourth-order valence-corrected chi connectivity index (χ4v) is 1.86. The monoisotopic (exact) mass is 323 g/mol. The second kappa shape index (κ2) is 4.99. The van der Waals surface area contributed by atoms with Crippen LogP contribution in [-0.4, -0.2) is 9.78 Å². The van der Waals surface area contributed by atoms with Gasteiger partial charge in [-0.15, -0.1) is 0 Å². The standard InChI is InChI=1S/C11H6ClF4N3O2/c1-5-7(11(14,15)16)3-17-19(10(5)20)9-8(13)2-6(12)4-18(9)21/h2-4H,1H3. The molecule has 0 radical (unpaired) electrons. The second-order valence-corrected chi connectivity index (χ2v) is 4.49. The number of rotatable bonds is 1. The topological polar surface area (TPSA) is 61.8 Å². The molecule has 2 aromatic rings. The summed E-state index contributed by atoms with van der Waals surface area (Å²) in [5.41, 5.74) is -3.21. The van der Waals surface area contributed by atoms with E-state index < -0.39 is 34.5 Å². The Balaban J connectivity index is 2.74. The second-order valence-electron chi connectivity index (χ2n) is 4.05. The largest absolute Gasteiger partial charge is 0.710 e. The maximum Gasteiger partial charge on any atom is 0.418 e. The van der Waals surface area contributed by atoms with Crippen LogP contribution in [-0.2, 0) is 6.18 Å². The van der Waals surface area contributed by atoms with Crippen molar-refractivity contribution in [1.29, 1.82) is 0 Å². The Labute approximate surface area is 119 Å². The van der Waals surface area contributed by atoms with Gasteiger partial charge in [0.2, 0.25) is 5.82 Å². The summed E-state index contributed by atoms with van der Waals surface area (Å²) in [6, 6.07) is 0.742. The van der Waals surface area contributed by atoms with Gasteiger partial charge in [0.25, 0.3) is 0 Å². The van der Waals surface area contributed by atoms with Crippen LogP contribution in [0.3, 0.4) is 0 Å². The van der Waals surface area contributed by atoms with Crippen LogP contribution in [0.2, 0.25) is 5.02 Å². The zero-order valence-corrected chi connectivity index (χ0v) is 11.0. The molecule has 0 amide bonds. The van der Waals surface area contributed by atoms with Crippen molar-refractivity contribution < 1.29 is 22.3 Å². The number of nitrogens with zero attached hydrogens (tertiary/aromatic N) is 3. The number of pyridine rings is 1. The van der Waals surface area contributed by atoms with Crippen LogP contribution in [0.25, 0.3) is 5.82 Å². The molecule has 0 saturated heterocycles. The van der Waals surface area contributed by atoms with Gasteiger partial charge < -0.3 is 5.21 Å². The minimum absolute atomic E-state index is 0.0846. The highest BCUT2D eigenvalue weighted by Crippen LogP contribution is 2.29. The average Bonchev–Trinajstić information content (AvgIpc) is 2.31. The highest BCUT2D eigenvalue weighted by atomic mass is 35.5. The normalized spacial score (nSPS) is 11.7. The van der Waals surface area contributed by atoms with Gasteiger partial charge >= 0.3 is 17.6 Å². The van der Waals surface area contributed by atoms with E-state index in [1.807, 2.05) is 0 Å². The van der Waals surface area contributed by atoms with Gasteiger partial charge in [0.15, 0.2) is 0 Å². The minimum atomic E-state index is -4.78. The molecule has 0 unspecified atom stereocenters. The predicted molar refractivity (Wildman–Crippen MR) is 63.5 cm³/mol. The molecule has 2 heterocycles. The molecule has 0 spiro atoms. The van der Waals surface area contributed by atoms with Gasteiger partial charge in [-0.3, -0.25) is 0 Å². The fraction of sp³-hybridized carbons (Fsp3) is 0.182. The molecule has 0 aliphatic carbocycles. The lowest BCUT2D eigenvalue weighted by Crippen LogP contribution is -2.39. The summed E-state index contributed by atoms with van der Waals surface area (Å²) < 4.78 is 51.8. The van der Waals surface area contributed by atoms with Gasteiger partial charge in [-0.05, 0) is 6.92 Å². The Bertz CT molecular complexity index is 750. The number of hydrogen-bond donors (Lipinski definition) is 0. The lowest BCUT2D eigenvalue weighted by atomic mass is 10.2. The lowest BCUT2D eigenvalue weighted by molar-refractivity contribution is -0.601. The highest BCUT2D eigenvalue weighted by molar-refractivity contribution is 6.30. The molecular formula is C11H6ClF4N3O2. The van der Waals surface area contributed by atoms with Crippen LogP contribution in [0.1, 0.15) is 11.1 Å². The number of halogens is 5. The molecule has 0 saturated carbocycles. The summed E-state index contributed by atoms with van der Waals surface area (Å²) in [5, 5.41) is 14.6. The van der Waals surface area contributed by atoms with Gasteiger partial charge in [0.05, 0.1) is 22.3 Å². The van der Waals surface area contributed by atoms with Crippen molar-refractivity contribution >= 4 is 11.6 Å². The third-order valence-electron chi connectivity index (χ3n) is 2.65. The van der Waals surface area contributed by atoms with Crippen molar-refractivity contribution in [3.8, 4) is 5.82 Å². The van der Waals surface area contributed by atoms with E-state index in [1.165, 1.54) is 0 Å². The van der Waals surface area contributed by atoms with Crippen LogP contribution in [0, 0.1) is 17.9 Å². The maximum atomic E-state index is 13.7. The molecule has 0 aliphatic heterocycles. The van der Waals surface area contributed by atoms with Gasteiger partial charge in [0, 0.05) is 6.07 Å². The number of alkyl halides is 3. The third kappa shape index (κ3) is 2.68.